The molecule has 1 atom stereocenters. The van der Waals surface area contributed by atoms with Crippen LogP contribution < -0.4 is 0 Å². The van der Waals surface area contributed by atoms with Crippen LogP contribution in [0.1, 0.15) is 34.1 Å². The second-order valence-corrected chi connectivity index (χ2v) is 7.65. The first-order valence-electron chi connectivity index (χ1n) is 8.43. The van der Waals surface area contributed by atoms with Crippen molar-refractivity contribution in [3.05, 3.63) is 33.3 Å². The first kappa shape index (κ1) is 22.5. The molecular formula is C20H24N2O4S. The molecule has 144 valence electrons. The summed E-state index contributed by atoms with van der Waals surface area (Å²) in [4.78, 5) is 25.0. The highest BCUT2D eigenvalue weighted by atomic mass is 32.2. The van der Waals surface area contributed by atoms with Crippen molar-refractivity contribution in [1.29, 1.82) is 10.5 Å². The van der Waals surface area contributed by atoms with Gasteiger partial charge in [0.1, 0.15) is 23.3 Å². The van der Waals surface area contributed by atoms with Crippen molar-refractivity contribution in [2.75, 3.05) is 20.0 Å². The van der Waals surface area contributed by atoms with Crippen LogP contribution in [0, 0.1) is 34.0 Å². The van der Waals surface area contributed by atoms with Crippen LogP contribution in [0.4, 0.5) is 0 Å². The number of carbonyl (C=O) groups excluding carboxylic acids is 2. The molecule has 27 heavy (non-hydrogen) atoms. The summed E-state index contributed by atoms with van der Waals surface area (Å²) in [6, 6.07) is 3.88. The summed E-state index contributed by atoms with van der Waals surface area (Å²) in [7, 11) is 1.21. The van der Waals surface area contributed by atoms with E-state index in [9.17, 15) is 20.1 Å². The van der Waals surface area contributed by atoms with Crippen molar-refractivity contribution in [1.82, 2.24) is 0 Å². The number of allylic oxidation sites excluding steroid dienone is 4. The monoisotopic (exact) mass is 388 g/mol. The standard InChI is InChI=1S/C20H24N2O4S/c1-7-26-19(24)14(10-21)13-8-12(2)9-20(3,4)16(13)17(27-6)15(11-22)18(23)25-5/h8,16H,7,9H2,1-6H3. The topological polar surface area (TPSA) is 100 Å². The van der Waals surface area contributed by atoms with Gasteiger partial charge < -0.3 is 9.47 Å². The van der Waals surface area contributed by atoms with Crippen LogP contribution in [-0.2, 0) is 19.1 Å². The minimum Gasteiger partial charge on any atom is -0.465 e. The fraction of sp³-hybridized carbons (Fsp3) is 0.500. The Labute approximate surface area is 164 Å². The Morgan fingerprint density at radius 1 is 1.30 bits per heavy atom. The number of hydrogen-bond donors (Lipinski definition) is 0. The summed E-state index contributed by atoms with van der Waals surface area (Å²) >= 11 is 1.24. The Bertz CT molecular complexity index is 807. The molecule has 0 aromatic rings. The van der Waals surface area contributed by atoms with Gasteiger partial charge in [-0.05, 0) is 37.5 Å². The number of carbonyl (C=O) groups is 2. The molecule has 0 aliphatic heterocycles. The second kappa shape index (κ2) is 9.43. The third-order valence-corrected chi connectivity index (χ3v) is 5.22. The molecule has 0 radical (unpaired) electrons. The van der Waals surface area contributed by atoms with Gasteiger partial charge in [-0.2, -0.15) is 10.5 Å². The summed E-state index contributed by atoms with van der Waals surface area (Å²) < 4.78 is 9.79. The molecule has 0 N–H and O–H groups in total. The van der Waals surface area contributed by atoms with E-state index in [0.29, 0.717) is 16.9 Å². The van der Waals surface area contributed by atoms with Crippen molar-refractivity contribution in [2.24, 2.45) is 11.3 Å². The quantitative estimate of drug-likeness (QED) is 0.402. The van der Waals surface area contributed by atoms with Crippen LogP contribution >= 0.6 is 11.8 Å². The zero-order chi connectivity index (χ0) is 20.8. The molecule has 1 aliphatic rings. The molecule has 1 rings (SSSR count). The van der Waals surface area contributed by atoms with Gasteiger partial charge in [-0.25, -0.2) is 9.59 Å². The Morgan fingerprint density at radius 3 is 2.37 bits per heavy atom. The molecule has 0 saturated heterocycles. The predicted molar refractivity (Wildman–Crippen MR) is 103 cm³/mol. The minimum absolute atomic E-state index is 0.109. The molecule has 0 heterocycles. The summed E-state index contributed by atoms with van der Waals surface area (Å²) in [5.41, 5.74) is 0.806. The van der Waals surface area contributed by atoms with E-state index in [1.165, 1.54) is 18.9 Å². The lowest BCUT2D eigenvalue weighted by Gasteiger charge is -2.41. The molecule has 7 heteroatoms. The lowest BCUT2D eigenvalue weighted by molar-refractivity contribution is -0.138. The van der Waals surface area contributed by atoms with E-state index >= 15 is 0 Å². The highest BCUT2D eigenvalue weighted by molar-refractivity contribution is 8.02. The first-order chi connectivity index (χ1) is 12.7. The molecule has 0 amide bonds. The van der Waals surface area contributed by atoms with Crippen molar-refractivity contribution < 1.29 is 19.1 Å². The molecule has 1 aliphatic carbocycles. The number of rotatable bonds is 5. The average Bonchev–Trinajstić information content (AvgIpc) is 2.59. The van der Waals surface area contributed by atoms with Crippen molar-refractivity contribution in [2.45, 2.75) is 34.1 Å². The Morgan fingerprint density at radius 2 is 1.93 bits per heavy atom. The smallest absolute Gasteiger partial charge is 0.349 e. The predicted octanol–water partition coefficient (Wildman–Crippen LogP) is 3.68. The maximum atomic E-state index is 12.4. The maximum absolute atomic E-state index is 12.4. The van der Waals surface area contributed by atoms with Gasteiger partial charge in [-0.3, -0.25) is 0 Å². The van der Waals surface area contributed by atoms with Crippen LogP contribution in [0.2, 0.25) is 0 Å². The number of hydrogen-bond acceptors (Lipinski definition) is 7. The first-order valence-corrected chi connectivity index (χ1v) is 9.66. The molecular weight excluding hydrogens is 364 g/mol. The fourth-order valence-corrected chi connectivity index (χ4v) is 4.47. The summed E-state index contributed by atoms with van der Waals surface area (Å²) in [6.45, 7) is 7.70. The Kier molecular flexibility index (Phi) is 7.87. The summed E-state index contributed by atoms with van der Waals surface area (Å²) in [5.74, 6) is -1.94. The molecule has 0 fully saturated rings. The van der Waals surface area contributed by atoms with Gasteiger partial charge in [0, 0.05) is 10.8 Å². The molecule has 0 saturated carbocycles. The highest BCUT2D eigenvalue weighted by Crippen LogP contribution is 2.51. The zero-order valence-electron chi connectivity index (χ0n) is 16.5. The van der Waals surface area contributed by atoms with Crippen LogP contribution in [0.3, 0.4) is 0 Å². The molecule has 0 aromatic carbocycles. The van der Waals surface area contributed by atoms with Crippen LogP contribution in [0.25, 0.3) is 0 Å². The van der Waals surface area contributed by atoms with Gasteiger partial charge in [-0.15, -0.1) is 11.8 Å². The van der Waals surface area contributed by atoms with E-state index < -0.39 is 23.3 Å². The van der Waals surface area contributed by atoms with Gasteiger partial charge in [0.2, 0.25) is 0 Å². The average molecular weight is 388 g/mol. The molecule has 0 spiro atoms. The highest BCUT2D eigenvalue weighted by Gasteiger charge is 2.42. The van der Waals surface area contributed by atoms with Gasteiger partial charge >= 0.3 is 11.9 Å². The lowest BCUT2D eigenvalue weighted by Crippen LogP contribution is -2.32. The second-order valence-electron chi connectivity index (χ2n) is 6.80. The normalized spacial score (nSPS) is 21.0. The third-order valence-electron chi connectivity index (χ3n) is 4.34. The number of nitrogens with zero attached hydrogens (tertiary/aromatic N) is 2. The van der Waals surface area contributed by atoms with E-state index in [1.54, 1.807) is 19.3 Å². The largest absolute Gasteiger partial charge is 0.465 e. The third kappa shape index (κ3) is 4.81. The molecule has 0 bridgehead atoms. The van der Waals surface area contributed by atoms with Gasteiger partial charge in [0.25, 0.3) is 0 Å². The number of esters is 2. The summed E-state index contributed by atoms with van der Waals surface area (Å²) in [6.07, 6.45) is 4.23. The van der Waals surface area contributed by atoms with Crippen molar-refractivity contribution >= 4 is 23.7 Å². The van der Waals surface area contributed by atoms with Crippen molar-refractivity contribution in [3.8, 4) is 12.1 Å². The fourth-order valence-electron chi connectivity index (χ4n) is 3.45. The number of methoxy groups -OCH3 is 1. The SMILES string of the molecule is CCOC(=O)C(C#N)=C1C=C(C)CC(C)(C)C1C(SC)=C(C#N)C(=O)OC. The molecule has 6 nitrogen and oxygen atoms in total. The van der Waals surface area contributed by atoms with Gasteiger partial charge in [0.15, 0.2) is 0 Å². The van der Waals surface area contributed by atoms with Gasteiger partial charge in [0.05, 0.1) is 13.7 Å². The van der Waals surface area contributed by atoms with E-state index in [4.69, 9.17) is 9.47 Å². The minimum atomic E-state index is -0.738. The van der Waals surface area contributed by atoms with E-state index in [0.717, 1.165) is 5.57 Å². The van der Waals surface area contributed by atoms with Crippen LogP contribution in [-0.4, -0.2) is 31.9 Å². The Hall–Kier alpha value is -2.51. The number of thioether (sulfide) groups is 1. The summed E-state index contributed by atoms with van der Waals surface area (Å²) in [5, 5.41) is 19.2. The number of ether oxygens (including phenoxy) is 2. The van der Waals surface area contributed by atoms with Crippen LogP contribution in [0.5, 0.6) is 0 Å². The maximum Gasteiger partial charge on any atom is 0.349 e. The van der Waals surface area contributed by atoms with Crippen LogP contribution in [0.15, 0.2) is 33.3 Å². The van der Waals surface area contributed by atoms with Crippen molar-refractivity contribution in [3.63, 3.8) is 0 Å². The lowest BCUT2D eigenvalue weighted by atomic mass is 9.65. The Balaban J connectivity index is 3.89. The van der Waals surface area contributed by atoms with E-state index in [-0.39, 0.29) is 17.8 Å². The molecule has 1 unspecified atom stereocenters. The van der Waals surface area contributed by atoms with E-state index in [2.05, 4.69) is 0 Å². The number of nitriles is 2. The van der Waals surface area contributed by atoms with Gasteiger partial charge in [-0.1, -0.05) is 25.5 Å². The van der Waals surface area contributed by atoms with E-state index in [1.807, 2.05) is 32.9 Å². The zero-order valence-corrected chi connectivity index (χ0v) is 17.3. The molecule has 0 aromatic heterocycles.